The molecule has 0 heterocycles. The molecule has 0 saturated carbocycles. The van der Waals surface area contributed by atoms with E-state index in [9.17, 15) is 8.42 Å². The Morgan fingerprint density at radius 3 is 2.44 bits per heavy atom. The Bertz CT molecular complexity index is 638. The van der Waals surface area contributed by atoms with E-state index in [1.54, 1.807) is 19.1 Å². The lowest BCUT2D eigenvalue weighted by molar-refractivity contribution is 0.441. The lowest BCUT2D eigenvalue weighted by atomic mass is 10.2. The summed E-state index contributed by atoms with van der Waals surface area (Å²) in [6.07, 6.45) is 0. The monoisotopic (exact) mass is 263 g/mol. The first kappa shape index (κ1) is 14.2. The molecule has 1 aromatic rings. The largest absolute Gasteiger partial charge is 0.244 e. The van der Waals surface area contributed by atoms with E-state index in [0.29, 0.717) is 5.56 Å². The molecule has 0 N–H and O–H groups in total. The van der Waals surface area contributed by atoms with Crippen molar-refractivity contribution >= 4 is 10.0 Å². The first-order valence-electron chi connectivity index (χ1n) is 5.23. The standard InChI is InChI=1S/C12H13N3O2S/c1-9-4-5-11(8-14)6-12(9)18(16,17)15(3)10(2)7-13/h4-6,10H,1-3H3. The third-order valence-corrected chi connectivity index (χ3v) is 4.78. The molecular weight excluding hydrogens is 250 g/mol. The predicted octanol–water partition coefficient (Wildman–Crippen LogP) is 1.40. The van der Waals surface area contributed by atoms with Gasteiger partial charge in [-0.1, -0.05) is 6.07 Å². The van der Waals surface area contributed by atoms with E-state index in [-0.39, 0.29) is 10.5 Å². The van der Waals surface area contributed by atoms with Crippen LogP contribution in [0.4, 0.5) is 0 Å². The van der Waals surface area contributed by atoms with Gasteiger partial charge in [-0.05, 0) is 31.5 Å². The van der Waals surface area contributed by atoms with Crippen molar-refractivity contribution in [3.63, 3.8) is 0 Å². The summed E-state index contributed by atoms with van der Waals surface area (Å²) < 4.78 is 25.6. The van der Waals surface area contributed by atoms with E-state index < -0.39 is 16.1 Å². The van der Waals surface area contributed by atoms with Crippen LogP contribution in [0.1, 0.15) is 18.1 Å². The van der Waals surface area contributed by atoms with Crippen LogP contribution in [0.25, 0.3) is 0 Å². The zero-order chi connectivity index (χ0) is 13.9. The topological polar surface area (TPSA) is 85.0 Å². The van der Waals surface area contributed by atoms with Gasteiger partial charge in [0.15, 0.2) is 0 Å². The highest BCUT2D eigenvalue weighted by Gasteiger charge is 2.26. The van der Waals surface area contributed by atoms with Crippen LogP contribution < -0.4 is 0 Å². The fourth-order valence-electron chi connectivity index (χ4n) is 1.39. The van der Waals surface area contributed by atoms with Gasteiger partial charge < -0.3 is 0 Å². The summed E-state index contributed by atoms with van der Waals surface area (Å²) in [6, 6.07) is 7.47. The van der Waals surface area contributed by atoms with Gasteiger partial charge in [-0.3, -0.25) is 0 Å². The minimum absolute atomic E-state index is 0.0613. The van der Waals surface area contributed by atoms with Crippen LogP contribution in [0.5, 0.6) is 0 Å². The van der Waals surface area contributed by atoms with Crippen molar-refractivity contribution in [3.8, 4) is 12.1 Å². The molecule has 5 nitrogen and oxygen atoms in total. The predicted molar refractivity (Wildman–Crippen MR) is 65.9 cm³/mol. The summed E-state index contributed by atoms with van der Waals surface area (Å²) >= 11 is 0. The van der Waals surface area contributed by atoms with Crippen molar-refractivity contribution < 1.29 is 8.42 Å². The molecule has 0 amide bonds. The number of benzene rings is 1. The molecule has 0 bridgehead atoms. The number of nitriles is 2. The smallest absolute Gasteiger partial charge is 0.207 e. The molecule has 1 rings (SSSR count). The summed E-state index contributed by atoms with van der Waals surface area (Å²) in [6.45, 7) is 3.15. The van der Waals surface area contributed by atoms with Gasteiger partial charge in [0.05, 0.1) is 22.6 Å². The highest BCUT2D eigenvalue weighted by molar-refractivity contribution is 7.89. The maximum absolute atomic E-state index is 12.3. The molecule has 0 aromatic heterocycles. The van der Waals surface area contributed by atoms with Crippen LogP contribution in [-0.4, -0.2) is 25.8 Å². The maximum Gasteiger partial charge on any atom is 0.244 e. The van der Waals surface area contributed by atoms with E-state index in [2.05, 4.69) is 0 Å². The van der Waals surface area contributed by atoms with Crippen molar-refractivity contribution in [2.45, 2.75) is 24.8 Å². The minimum atomic E-state index is -3.75. The van der Waals surface area contributed by atoms with E-state index in [0.717, 1.165) is 4.31 Å². The zero-order valence-electron chi connectivity index (χ0n) is 10.4. The van der Waals surface area contributed by atoms with Gasteiger partial charge in [-0.15, -0.1) is 0 Å². The average Bonchev–Trinajstić information content (AvgIpc) is 2.37. The molecule has 0 spiro atoms. The van der Waals surface area contributed by atoms with Gasteiger partial charge in [-0.25, -0.2) is 8.42 Å². The maximum atomic E-state index is 12.3. The minimum Gasteiger partial charge on any atom is -0.207 e. The summed E-state index contributed by atoms with van der Waals surface area (Å²) in [5, 5.41) is 17.6. The second-order valence-corrected chi connectivity index (χ2v) is 5.88. The molecular formula is C12H13N3O2S. The molecule has 0 aliphatic carbocycles. The van der Waals surface area contributed by atoms with Crippen molar-refractivity contribution in [2.75, 3.05) is 7.05 Å². The van der Waals surface area contributed by atoms with Crippen LogP contribution in [0.2, 0.25) is 0 Å². The summed E-state index contributed by atoms with van der Waals surface area (Å²) in [5.74, 6) is 0. The van der Waals surface area contributed by atoms with Crippen LogP contribution in [-0.2, 0) is 10.0 Å². The Labute approximate surface area is 107 Å². The molecule has 0 saturated heterocycles. The van der Waals surface area contributed by atoms with Gasteiger partial charge in [0, 0.05) is 7.05 Å². The Morgan fingerprint density at radius 2 is 1.94 bits per heavy atom. The average molecular weight is 263 g/mol. The number of aryl methyl sites for hydroxylation is 1. The summed E-state index contributed by atoms with van der Waals surface area (Å²) in [5.41, 5.74) is 0.822. The number of hydrogen-bond acceptors (Lipinski definition) is 4. The molecule has 1 atom stereocenters. The van der Waals surface area contributed by atoms with Gasteiger partial charge in [0.1, 0.15) is 6.04 Å². The highest BCUT2D eigenvalue weighted by Crippen LogP contribution is 2.21. The molecule has 1 unspecified atom stereocenters. The fraction of sp³-hybridized carbons (Fsp3) is 0.333. The number of sulfonamides is 1. The zero-order valence-corrected chi connectivity index (χ0v) is 11.2. The lowest BCUT2D eigenvalue weighted by Gasteiger charge is -2.20. The molecule has 6 heteroatoms. The molecule has 0 fully saturated rings. The first-order chi connectivity index (χ1) is 8.34. The molecule has 0 radical (unpaired) electrons. The second kappa shape index (κ2) is 5.18. The number of nitrogens with zero attached hydrogens (tertiary/aromatic N) is 3. The van der Waals surface area contributed by atoms with E-state index in [1.165, 1.54) is 20.0 Å². The van der Waals surface area contributed by atoms with Gasteiger partial charge in [0.25, 0.3) is 0 Å². The fourth-order valence-corrected chi connectivity index (χ4v) is 2.92. The lowest BCUT2D eigenvalue weighted by Crippen LogP contribution is -2.34. The van der Waals surface area contributed by atoms with Crippen LogP contribution in [0, 0.1) is 29.6 Å². The molecule has 0 aliphatic rings. The number of rotatable bonds is 3. The highest BCUT2D eigenvalue weighted by atomic mass is 32.2. The third-order valence-electron chi connectivity index (χ3n) is 2.71. The molecule has 18 heavy (non-hydrogen) atoms. The number of hydrogen-bond donors (Lipinski definition) is 0. The van der Waals surface area contributed by atoms with Crippen LogP contribution in [0.15, 0.2) is 23.1 Å². The van der Waals surface area contributed by atoms with E-state index >= 15 is 0 Å². The Balaban J connectivity index is 3.39. The molecule has 1 aromatic carbocycles. The quantitative estimate of drug-likeness (QED) is 0.825. The summed E-state index contributed by atoms with van der Waals surface area (Å²) in [7, 11) is -2.40. The van der Waals surface area contributed by atoms with Crippen molar-refractivity contribution in [3.05, 3.63) is 29.3 Å². The Morgan fingerprint density at radius 1 is 1.33 bits per heavy atom. The van der Waals surface area contributed by atoms with Gasteiger partial charge >= 0.3 is 0 Å². The first-order valence-corrected chi connectivity index (χ1v) is 6.67. The normalized spacial score (nSPS) is 12.8. The van der Waals surface area contributed by atoms with Gasteiger partial charge in [-0.2, -0.15) is 14.8 Å². The van der Waals surface area contributed by atoms with Gasteiger partial charge in [0.2, 0.25) is 10.0 Å². The summed E-state index contributed by atoms with van der Waals surface area (Å²) in [4.78, 5) is 0.0613. The van der Waals surface area contributed by atoms with E-state index in [4.69, 9.17) is 10.5 Å². The second-order valence-electron chi connectivity index (χ2n) is 3.92. The Kier molecular flexibility index (Phi) is 4.07. The van der Waals surface area contributed by atoms with E-state index in [1.807, 2.05) is 12.1 Å². The van der Waals surface area contributed by atoms with Crippen LogP contribution >= 0.6 is 0 Å². The van der Waals surface area contributed by atoms with Crippen molar-refractivity contribution in [2.24, 2.45) is 0 Å². The van der Waals surface area contributed by atoms with Crippen molar-refractivity contribution in [1.82, 2.24) is 4.31 Å². The van der Waals surface area contributed by atoms with Crippen LogP contribution in [0.3, 0.4) is 0 Å². The molecule has 0 aliphatic heterocycles. The third kappa shape index (κ3) is 2.51. The van der Waals surface area contributed by atoms with Crippen molar-refractivity contribution in [1.29, 1.82) is 10.5 Å². The Hall–Kier alpha value is -1.89. The SMILES string of the molecule is Cc1ccc(C#N)cc1S(=O)(=O)N(C)C(C)C#N. The molecule has 94 valence electrons.